The van der Waals surface area contributed by atoms with E-state index < -0.39 is 16.1 Å². The molecule has 0 N–H and O–H groups in total. The SMILES string of the molecule is CCOC(=O)C1CCN(C(=O)C(CC)N(c2cccc(Cl)c2)S(C)(=O)=O)CC1. The molecule has 0 radical (unpaired) electrons. The van der Waals surface area contributed by atoms with Gasteiger partial charge in [-0.2, -0.15) is 0 Å². The smallest absolute Gasteiger partial charge is 0.309 e. The third-order valence-electron chi connectivity index (χ3n) is 4.80. The van der Waals surface area contributed by atoms with Crippen LogP contribution in [0.5, 0.6) is 0 Å². The molecule has 28 heavy (non-hydrogen) atoms. The molecule has 7 nitrogen and oxygen atoms in total. The van der Waals surface area contributed by atoms with Gasteiger partial charge in [-0.15, -0.1) is 0 Å². The van der Waals surface area contributed by atoms with Crippen LogP contribution in [0.25, 0.3) is 0 Å². The number of anilines is 1. The van der Waals surface area contributed by atoms with Crippen LogP contribution in [0.15, 0.2) is 24.3 Å². The Morgan fingerprint density at radius 2 is 1.93 bits per heavy atom. The first kappa shape index (κ1) is 22.5. The average molecular weight is 431 g/mol. The summed E-state index contributed by atoms with van der Waals surface area (Å²) in [6.45, 7) is 4.66. The van der Waals surface area contributed by atoms with E-state index in [1.165, 1.54) is 6.07 Å². The van der Waals surface area contributed by atoms with Crippen LogP contribution < -0.4 is 4.31 Å². The number of piperidine rings is 1. The second-order valence-corrected chi connectivity index (χ2v) is 9.11. The fraction of sp³-hybridized carbons (Fsp3) is 0.579. The zero-order valence-corrected chi connectivity index (χ0v) is 18.0. The third kappa shape index (κ3) is 5.38. The molecule has 1 aromatic carbocycles. The molecule has 0 spiro atoms. The van der Waals surface area contributed by atoms with Crippen molar-refractivity contribution in [2.24, 2.45) is 5.92 Å². The van der Waals surface area contributed by atoms with Crippen molar-refractivity contribution >= 4 is 39.2 Å². The first-order valence-corrected chi connectivity index (χ1v) is 11.6. The zero-order valence-electron chi connectivity index (χ0n) is 16.4. The predicted octanol–water partition coefficient (Wildman–Crippen LogP) is 2.69. The van der Waals surface area contributed by atoms with Crippen LogP contribution in [-0.2, 0) is 24.3 Å². The van der Waals surface area contributed by atoms with Gasteiger partial charge in [-0.1, -0.05) is 24.6 Å². The highest BCUT2D eigenvalue weighted by molar-refractivity contribution is 7.92. The van der Waals surface area contributed by atoms with E-state index in [4.69, 9.17) is 16.3 Å². The van der Waals surface area contributed by atoms with Crippen molar-refractivity contribution < 1.29 is 22.7 Å². The number of rotatable bonds is 7. The first-order chi connectivity index (χ1) is 13.2. The van der Waals surface area contributed by atoms with Crippen LogP contribution in [-0.4, -0.2) is 57.2 Å². The van der Waals surface area contributed by atoms with Crippen molar-refractivity contribution in [2.45, 2.75) is 39.2 Å². The van der Waals surface area contributed by atoms with E-state index in [0.717, 1.165) is 10.6 Å². The van der Waals surface area contributed by atoms with Gasteiger partial charge in [-0.05, 0) is 44.4 Å². The molecule has 9 heteroatoms. The van der Waals surface area contributed by atoms with Crippen LogP contribution in [0.1, 0.15) is 33.1 Å². The first-order valence-electron chi connectivity index (χ1n) is 9.39. The van der Waals surface area contributed by atoms with Crippen molar-refractivity contribution in [3.05, 3.63) is 29.3 Å². The fourth-order valence-electron chi connectivity index (χ4n) is 3.46. The number of likely N-dealkylation sites (tertiary alicyclic amines) is 1. The van der Waals surface area contributed by atoms with Crippen molar-refractivity contribution in [3.63, 3.8) is 0 Å². The van der Waals surface area contributed by atoms with Crippen LogP contribution in [0.2, 0.25) is 5.02 Å². The maximum Gasteiger partial charge on any atom is 0.309 e. The van der Waals surface area contributed by atoms with E-state index >= 15 is 0 Å². The summed E-state index contributed by atoms with van der Waals surface area (Å²) in [5.41, 5.74) is 0.358. The molecule has 2 rings (SSSR count). The Morgan fingerprint density at radius 1 is 1.29 bits per heavy atom. The summed E-state index contributed by atoms with van der Waals surface area (Å²) in [5, 5.41) is 0.392. The summed E-state index contributed by atoms with van der Waals surface area (Å²) in [6.07, 6.45) is 2.42. The number of hydrogen-bond acceptors (Lipinski definition) is 5. The third-order valence-corrected chi connectivity index (χ3v) is 6.22. The maximum atomic E-state index is 13.1. The van der Waals surface area contributed by atoms with Gasteiger partial charge >= 0.3 is 5.97 Å². The molecule has 1 saturated heterocycles. The van der Waals surface area contributed by atoms with Crippen LogP contribution in [0, 0.1) is 5.92 Å². The molecule has 0 bridgehead atoms. The van der Waals surface area contributed by atoms with Crippen LogP contribution in [0.3, 0.4) is 0 Å². The Kier molecular flexibility index (Phi) is 7.71. The van der Waals surface area contributed by atoms with Crippen LogP contribution >= 0.6 is 11.6 Å². The molecule has 1 atom stereocenters. The van der Waals surface area contributed by atoms with E-state index in [2.05, 4.69) is 0 Å². The number of carbonyl (C=O) groups is 2. The Morgan fingerprint density at radius 3 is 2.43 bits per heavy atom. The molecule has 0 aromatic heterocycles. The van der Waals surface area contributed by atoms with Gasteiger partial charge in [0.15, 0.2) is 0 Å². The molecule has 0 aliphatic carbocycles. The minimum absolute atomic E-state index is 0.219. The molecule has 1 unspecified atom stereocenters. The number of nitrogens with zero attached hydrogens (tertiary/aromatic N) is 2. The van der Waals surface area contributed by atoms with E-state index in [9.17, 15) is 18.0 Å². The zero-order chi connectivity index (χ0) is 20.9. The summed E-state index contributed by atoms with van der Waals surface area (Å²) in [4.78, 5) is 26.7. The summed E-state index contributed by atoms with van der Waals surface area (Å²) in [5.74, 6) is -0.725. The highest BCUT2D eigenvalue weighted by atomic mass is 35.5. The van der Waals surface area contributed by atoms with E-state index in [1.807, 2.05) is 0 Å². The lowest BCUT2D eigenvalue weighted by atomic mass is 9.96. The summed E-state index contributed by atoms with van der Waals surface area (Å²) in [6, 6.07) is 5.58. The van der Waals surface area contributed by atoms with Crippen molar-refractivity contribution in [1.29, 1.82) is 0 Å². The lowest BCUT2D eigenvalue weighted by molar-refractivity contribution is -0.151. The molecule has 1 fully saturated rings. The number of halogens is 1. The van der Waals surface area contributed by atoms with Gasteiger partial charge in [0.2, 0.25) is 15.9 Å². The Labute approximate surface area is 171 Å². The number of amides is 1. The lowest BCUT2D eigenvalue weighted by Crippen LogP contribution is -2.52. The monoisotopic (exact) mass is 430 g/mol. The minimum Gasteiger partial charge on any atom is -0.466 e. The molecule has 1 aliphatic rings. The molecular weight excluding hydrogens is 404 g/mol. The highest BCUT2D eigenvalue weighted by Gasteiger charge is 2.36. The number of benzene rings is 1. The van der Waals surface area contributed by atoms with Crippen molar-refractivity contribution in [3.8, 4) is 0 Å². The topological polar surface area (TPSA) is 84.0 Å². The van der Waals surface area contributed by atoms with Gasteiger partial charge in [-0.25, -0.2) is 8.42 Å². The second-order valence-electron chi connectivity index (χ2n) is 6.81. The number of hydrogen-bond donors (Lipinski definition) is 0. The molecule has 0 saturated carbocycles. The molecule has 1 amide bonds. The van der Waals surface area contributed by atoms with Gasteiger partial charge in [-0.3, -0.25) is 13.9 Å². The minimum atomic E-state index is -3.71. The average Bonchev–Trinajstić information content (AvgIpc) is 2.64. The second kappa shape index (κ2) is 9.60. The van der Waals surface area contributed by atoms with Gasteiger partial charge < -0.3 is 9.64 Å². The van der Waals surface area contributed by atoms with Gasteiger partial charge in [0.1, 0.15) is 6.04 Å². The molecule has 1 heterocycles. The molecule has 1 aromatic rings. The highest BCUT2D eigenvalue weighted by Crippen LogP contribution is 2.27. The molecular formula is C19H27ClN2O5S. The van der Waals surface area contributed by atoms with Gasteiger partial charge in [0.05, 0.1) is 24.5 Å². The Balaban J connectivity index is 2.20. The normalized spacial score (nSPS) is 16.5. The van der Waals surface area contributed by atoms with Gasteiger partial charge in [0, 0.05) is 18.1 Å². The Bertz CT molecular complexity index is 806. The van der Waals surface area contributed by atoms with Crippen LogP contribution in [0.4, 0.5) is 5.69 Å². The number of esters is 1. The standard InChI is InChI=1S/C19H27ClN2O5S/c1-4-17(22(28(3,25)26)16-8-6-7-15(20)13-16)18(23)21-11-9-14(10-12-21)19(24)27-5-2/h6-8,13-14,17H,4-5,9-12H2,1-3H3. The lowest BCUT2D eigenvalue weighted by Gasteiger charge is -2.37. The quantitative estimate of drug-likeness (QED) is 0.621. The number of carbonyl (C=O) groups excluding carboxylic acids is 2. The molecule has 1 aliphatic heterocycles. The maximum absolute atomic E-state index is 13.1. The largest absolute Gasteiger partial charge is 0.466 e. The Hall–Kier alpha value is -1.80. The number of ether oxygens (including phenoxy) is 1. The molecule has 156 valence electrons. The van der Waals surface area contributed by atoms with E-state index in [-0.39, 0.29) is 17.8 Å². The summed E-state index contributed by atoms with van der Waals surface area (Å²) >= 11 is 6.03. The van der Waals surface area contributed by atoms with Crippen molar-refractivity contribution in [1.82, 2.24) is 4.90 Å². The number of sulfonamides is 1. The summed E-state index contributed by atoms with van der Waals surface area (Å²) in [7, 11) is -3.71. The van der Waals surface area contributed by atoms with Crippen molar-refractivity contribution in [2.75, 3.05) is 30.3 Å². The predicted molar refractivity (Wildman–Crippen MR) is 109 cm³/mol. The summed E-state index contributed by atoms with van der Waals surface area (Å²) < 4.78 is 31.2. The van der Waals surface area contributed by atoms with E-state index in [0.29, 0.717) is 49.7 Å². The van der Waals surface area contributed by atoms with Gasteiger partial charge in [0.25, 0.3) is 0 Å². The van der Waals surface area contributed by atoms with E-state index in [1.54, 1.807) is 36.9 Å². The fourth-order valence-corrected chi connectivity index (χ4v) is 4.85.